The van der Waals surface area contributed by atoms with Gasteiger partial charge < -0.3 is 36.0 Å². The van der Waals surface area contributed by atoms with Gasteiger partial charge in [-0.2, -0.15) is 0 Å². The summed E-state index contributed by atoms with van der Waals surface area (Å²) in [5, 5.41) is 11.7. The van der Waals surface area contributed by atoms with E-state index in [1.54, 1.807) is 70.5 Å². The second kappa shape index (κ2) is 20.9. The first-order valence-corrected chi connectivity index (χ1v) is 21.3. The lowest BCUT2D eigenvalue weighted by atomic mass is 9.98. The number of aromatic nitrogens is 1. The number of nitrogens with zero attached hydrogens (tertiary/aromatic N) is 7. The standard InChI is InChI=1S/C46H61N11O6/c1-29(2)38(42(61)54(7)8)52-43(62)46(5,6)53-40(59)36-17-13-23-56(36)41(60)35(25-32-15-11-10-12-16-32)51-39(58)33-20-18-30(3)37(26-33)57-24-14-22-47-44(49-28-55(9)45(57)63)50-34-21-19-31(4)48-27-34/h10-12,15-16,18-22,26-27,29,35-36,38H,13-14,17,23-25,28H2,1-9H3,(H,49,50)(H,51,58)(H,52,62)(H,53,59)/b47-22-/t35-,36-,38-/m0/s1. The smallest absolute Gasteiger partial charge is 0.325 e. The number of guanidine groups is 1. The highest BCUT2D eigenvalue weighted by atomic mass is 16.2. The monoisotopic (exact) mass is 863 g/mol. The summed E-state index contributed by atoms with van der Waals surface area (Å²) in [5.41, 5.74) is 2.46. The molecule has 3 heterocycles. The molecule has 17 heteroatoms. The lowest BCUT2D eigenvalue weighted by Crippen LogP contribution is -2.62. The molecule has 0 bridgehead atoms. The number of pyridine rings is 1. The Morgan fingerprint density at radius 3 is 2.35 bits per heavy atom. The van der Waals surface area contributed by atoms with Gasteiger partial charge in [0.15, 0.2) is 0 Å². The first-order chi connectivity index (χ1) is 29.9. The second-order valence-corrected chi connectivity index (χ2v) is 17.1. The number of hydrogen-bond donors (Lipinski definition) is 4. The minimum atomic E-state index is -1.42. The van der Waals surface area contributed by atoms with E-state index in [4.69, 9.17) is 0 Å². The molecule has 0 saturated carbocycles. The average Bonchev–Trinajstić information content (AvgIpc) is 3.75. The molecule has 336 valence electrons. The van der Waals surface area contributed by atoms with Gasteiger partial charge in [0.1, 0.15) is 30.3 Å². The molecular weight excluding hydrogens is 803 g/mol. The van der Waals surface area contributed by atoms with Crippen molar-refractivity contribution in [1.29, 1.82) is 0 Å². The van der Waals surface area contributed by atoms with Gasteiger partial charge in [-0.1, -0.05) is 50.2 Å². The average molecular weight is 864 g/mol. The van der Waals surface area contributed by atoms with Gasteiger partial charge in [0.25, 0.3) is 5.91 Å². The zero-order valence-corrected chi connectivity index (χ0v) is 37.8. The minimum absolute atomic E-state index is 0.00733. The van der Waals surface area contributed by atoms with Crippen molar-refractivity contribution in [3.63, 3.8) is 0 Å². The van der Waals surface area contributed by atoms with Crippen LogP contribution in [0.4, 0.5) is 16.2 Å². The highest BCUT2D eigenvalue weighted by Gasteiger charge is 2.41. The zero-order chi connectivity index (χ0) is 46.0. The van der Waals surface area contributed by atoms with Gasteiger partial charge in [0, 0.05) is 70.2 Å². The van der Waals surface area contributed by atoms with Crippen molar-refractivity contribution in [2.45, 2.75) is 90.9 Å². The lowest BCUT2D eigenvalue weighted by molar-refractivity contribution is -0.142. The number of likely N-dealkylation sites (N-methyl/N-ethyl adjacent to an activating group) is 1. The summed E-state index contributed by atoms with van der Waals surface area (Å²) in [5.74, 6) is -2.18. The molecule has 0 unspecified atom stereocenters. The minimum Gasteiger partial charge on any atom is -0.347 e. The molecule has 5 rings (SSSR count). The number of urea groups is 1. The van der Waals surface area contributed by atoms with Crippen molar-refractivity contribution >= 4 is 59.1 Å². The highest BCUT2D eigenvalue weighted by Crippen LogP contribution is 2.25. The van der Waals surface area contributed by atoms with E-state index in [0.717, 1.165) is 16.8 Å². The molecule has 0 aliphatic carbocycles. The van der Waals surface area contributed by atoms with E-state index < -0.39 is 47.3 Å². The third-order valence-electron chi connectivity index (χ3n) is 11.0. The summed E-state index contributed by atoms with van der Waals surface area (Å²) in [7, 11) is 4.86. The number of rotatable bonds is 13. The second-order valence-electron chi connectivity index (χ2n) is 17.1. The summed E-state index contributed by atoms with van der Waals surface area (Å²) >= 11 is 0. The zero-order valence-electron chi connectivity index (χ0n) is 37.8. The van der Waals surface area contributed by atoms with Gasteiger partial charge in [0.05, 0.1) is 11.9 Å². The van der Waals surface area contributed by atoms with E-state index in [1.165, 1.54) is 14.7 Å². The van der Waals surface area contributed by atoms with Gasteiger partial charge >= 0.3 is 6.03 Å². The topological polar surface area (TPSA) is 201 Å². The number of benzene rings is 2. The molecule has 1 fully saturated rings. The maximum atomic E-state index is 14.5. The van der Waals surface area contributed by atoms with Crippen LogP contribution in [0.2, 0.25) is 0 Å². The predicted molar refractivity (Wildman–Crippen MR) is 244 cm³/mol. The Balaban J connectivity index is 1.33. The molecule has 2 aliphatic heterocycles. The summed E-state index contributed by atoms with van der Waals surface area (Å²) in [6, 6.07) is 15.0. The van der Waals surface area contributed by atoms with Crippen LogP contribution in [0.25, 0.3) is 0 Å². The summed E-state index contributed by atoms with van der Waals surface area (Å²) < 4.78 is 0. The van der Waals surface area contributed by atoms with Crippen molar-refractivity contribution < 1.29 is 28.8 Å². The van der Waals surface area contributed by atoms with Crippen LogP contribution < -0.4 is 26.2 Å². The Hall–Kier alpha value is -6.65. The number of aryl methyl sites for hydroxylation is 2. The van der Waals surface area contributed by atoms with E-state index >= 15 is 0 Å². The van der Waals surface area contributed by atoms with E-state index in [9.17, 15) is 28.8 Å². The van der Waals surface area contributed by atoms with Gasteiger partial charge in [0.2, 0.25) is 29.6 Å². The third-order valence-corrected chi connectivity index (χ3v) is 11.0. The SMILES string of the molecule is Cc1ccc(NC2=N/CN(C)C(=O)N(c3cc(C(=O)N[C@@H](Cc4ccccc4)C(=O)N4CCC[C@H]4C(=O)NC(C)(C)C(=O)N[C@H](C(=O)N(C)C)C(C)C)ccc3C)CC/C=N\2)cn1. The number of aliphatic imine (C=N–C) groups is 2. The Morgan fingerprint density at radius 2 is 1.68 bits per heavy atom. The molecule has 3 atom stereocenters. The van der Waals surface area contributed by atoms with Crippen LogP contribution in [-0.4, -0.2) is 132 Å². The van der Waals surface area contributed by atoms with Crippen LogP contribution in [0.3, 0.4) is 0 Å². The molecule has 1 aromatic heterocycles. The number of likely N-dealkylation sites (tertiary alicyclic amines) is 1. The van der Waals surface area contributed by atoms with Crippen molar-refractivity contribution in [1.82, 2.24) is 35.6 Å². The molecule has 17 nitrogen and oxygen atoms in total. The molecule has 7 amide bonds. The van der Waals surface area contributed by atoms with Crippen LogP contribution in [0, 0.1) is 19.8 Å². The van der Waals surface area contributed by atoms with Crippen LogP contribution in [0.1, 0.15) is 74.1 Å². The maximum Gasteiger partial charge on any atom is 0.325 e. The Labute approximate surface area is 369 Å². The molecule has 2 aliphatic rings. The molecular formula is C46H61N11O6. The maximum absolute atomic E-state index is 14.5. The fraction of sp³-hybridized carbons (Fsp3) is 0.457. The van der Waals surface area contributed by atoms with Crippen molar-refractivity contribution in [2.24, 2.45) is 15.9 Å². The number of nitrogens with one attached hydrogen (secondary N) is 4. The van der Waals surface area contributed by atoms with Crippen LogP contribution >= 0.6 is 0 Å². The number of anilines is 2. The van der Waals surface area contributed by atoms with Gasteiger partial charge in [-0.05, 0) is 81.8 Å². The van der Waals surface area contributed by atoms with E-state index in [-0.39, 0.29) is 49.6 Å². The lowest BCUT2D eigenvalue weighted by Gasteiger charge is -2.33. The molecule has 3 aromatic rings. The van der Waals surface area contributed by atoms with Gasteiger partial charge in [-0.3, -0.25) is 33.9 Å². The van der Waals surface area contributed by atoms with Crippen LogP contribution in [0.15, 0.2) is 76.8 Å². The summed E-state index contributed by atoms with van der Waals surface area (Å²) in [6.45, 7) is 11.0. The van der Waals surface area contributed by atoms with E-state index in [0.29, 0.717) is 36.6 Å². The normalized spacial score (nSPS) is 18.1. The predicted octanol–water partition coefficient (Wildman–Crippen LogP) is 3.91. The van der Waals surface area contributed by atoms with E-state index in [1.807, 2.05) is 70.2 Å². The molecule has 0 radical (unpaired) electrons. The molecule has 4 N–H and O–H groups in total. The van der Waals surface area contributed by atoms with Gasteiger partial charge in [-0.15, -0.1) is 0 Å². The number of amides is 7. The summed E-state index contributed by atoms with van der Waals surface area (Å²) in [4.78, 5) is 102. The summed E-state index contributed by atoms with van der Waals surface area (Å²) in [6.07, 6.45) is 4.79. The molecule has 63 heavy (non-hydrogen) atoms. The Bertz CT molecular complexity index is 2210. The van der Waals surface area contributed by atoms with E-state index in [2.05, 4.69) is 36.2 Å². The first-order valence-electron chi connectivity index (χ1n) is 21.3. The number of carbonyl (C=O) groups excluding carboxylic acids is 6. The highest BCUT2D eigenvalue weighted by molar-refractivity contribution is 6.02. The van der Waals surface area contributed by atoms with Crippen molar-refractivity contribution in [2.75, 3.05) is 51.1 Å². The Morgan fingerprint density at radius 1 is 0.952 bits per heavy atom. The fourth-order valence-electron chi connectivity index (χ4n) is 7.28. The number of hydrogen-bond acceptors (Lipinski definition) is 10. The number of carbonyl (C=O) groups is 6. The molecule has 0 spiro atoms. The van der Waals surface area contributed by atoms with Gasteiger partial charge in [-0.25, -0.2) is 14.8 Å². The van der Waals surface area contributed by atoms with Crippen molar-refractivity contribution in [3.8, 4) is 0 Å². The van der Waals surface area contributed by atoms with Crippen LogP contribution in [0.5, 0.6) is 0 Å². The molecule has 2 aromatic carbocycles. The Kier molecular flexibility index (Phi) is 15.8. The largest absolute Gasteiger partial charge is 0.347 e. The first kappa shape index (κ1) is 47.4. The molecule has 1 saturated heterocycles. The van der Waals surface area contributed by atoms with Crippen LogP contribution in [-0.2, 0) is 25.6 Å². The quantitative estimate of drug-likeness (QED) is 0.198. The third kappa shape index (κ3) is 12.3. The van der Waals surface area contributed by atoms with Crippen molar-refractivity contribution in [3.05, 3.63) is 89.2 Å². The fourth-order valence-corrected chi connectivity index (χ4v) is 7.28.